The van der Waals surface area contributed by atoms with Crippen LogP contribution in [0.25, 0.3) is 0 Å². The summed E-state index contributed by atoms with van der Waals surface area (Å²) in [6.07, 6.45) is 4.99. The zero-order valence-electron chi connectivity index (χ0n) is 9.56. The first-order valence-electron chi connectivity index (χ1n) is 5.35. The van der Waals surface area contributed by atoms with E-state index in [0.29, 0.717) is 0 Å². The van der Waals surface area contributed by atoms with Gasteiger partial charge in [0.2, 0.25) is 0 Å². The molecule has 3 heteroatoms. The van der Waals surface area contributed by atoms with Crippen molar-refractivity contribution in [2.24, 2.45) is 0 Å². The summed E-state index contributed by atoms with van der Waals surface area (Å²) in [5, 5.41) is 0. The molecule has 0 atom stereocenters. The Bertz CT molecular complexity index is 103. The summed E-state index contributed by atoms with van der Waals surface area (Å²) in [4.78, 5) is 0. The van der Waals surface area contributed by atoms with Crippen molar-refractivity contribution in [3.63, 3.8) is 0 Å². The molecule has 0 heterocycles. The van der Waals surface area contributed by atoms with Crippen molar-refractivity contribution in [1.82, 2.24) is 0 Å². The summed E-state index contributed by atoms with van der Waals surface area (Å²) in [6, 6.07) is 0. The van der Waals surface area contributed by atoms with Crippen LogP contribution >= 0.6 is 0 Å². The molecule has 0 unspecified atom stereocenters. The monoisotopic (exact) mass is 224 g/mol. The van der Waals surface area contributed by atoms with E-state index in [2.05, 4.69) is 13.8 Å². The Kier molecular flexibility index (Phi) is 8.37. The van der Waals surface area contributed by atoms with E-state index in [-0.39, 0.29) is 0 Å². The van der Waals surface area contributed by atoms with Crippen molar-refractivity contribution in [1.29, 1.82) is 0 Å². The predicted molar refractivity (Wildman–Crippen MR) is 53.4 cm³/mol. The number of hydrogen-bond acceptors (Lipinski definition) is 2. The van der Waals surface area contributed by atoms with Crippen LogP contribution in [-0.4, -0.2) is 14.2 Å². The molecule has 0 radical (unpaired) electrons. The molecule has 0 aromatic heterocycles. The quantitative estimate of drug-likeness (QED) is 0.585. The molecule has 0 saturated heterocycles. The van der Waals surface area contributed by atoms with Crippen molar-refractivity contribution >= 4 is 0 Å². The van der Waals surface area contributed by atoms with Crippen molar-refractivity contribution < 1.29 is 24.0 Å². The van der Waals surface area contributed by atoms with Gasteiger partial charge < -0.3 is 0 Å². The van der Waals surface area contributed by atoms with Gasteiger partial charge in [-0.15, -0.1) is 0 Å². The van der Waals surface area contributed by atoms with Gasteiger partial charge in [0.1, 0.15) is 0 Å². The van der Waals surface area contributed by atoms with Gasteiger partial charge in [0.05, 0.1) is 0 Å². The molecule has 0 aromatic rings. The maximum absolute atomic E-state index is 5.66. The Balaban J connectivity index is 3.97. The molecule has 0 N–H and O–H groups in total. The Morgan fingerprint density at radius 3 is 1.46 bits per heavy atom. The van der Waals surface area contributed by atoms with Crippen LogP contribution in [0.4, 0.5) is 0 Å². The van der Waals surface area contributed by atoms with Crippen molar-refractivity contribution in [3.05, 3.63) is 0 Å². The molecule has 13 heavy (non-hydrogen) atoms. The van der Waals surface area contributed by atoms with Crippen LogP contribution in [0.5, 0.6) is 0 Å². The molecule has 0 rings (SSSR count). The molecule has 0 bridgehead atoms. The molecular weight excluding hydrogens is 200 g/mol. The normalized spacial score (nSPS) is 12.0. The Morgan fingerprint density at radius 1 is 0.846 bits per heavy atom. The van der Waals surface area contributed by atoms with E-state index in [1.54, 1.807) is 0 Å². The van der Waals surface area contributed by atoms with Crippen LogP contribution in [0.15, 0.2) is 0 Å². The third-order valence-electron chi connectivity index (χ3n) is 2.57. The third kappa shape index (κ3) is 5.16. The third-order valence-corrected chi connectivity index (χ3v) is 8.37. The predicted octanol–water partition coefficient (Wildman–Crippen LogP) is 3.70. The fraction of sp³-hybridized carbons (Fsp3) is 1.00. The van der Waals surface area contributed by atoms with Crippen LogP contribution in [0, 0.1) is 0 Å². The molecule has 0 amide bonds. The molecule has 0 spiro atoms. The summed E-state index contributed by atoms with van der Waals surface area (Å²) in [5.41, 5.74) is 0. The summed E-state index contributed by atoms with van der Waals surface area (Å²) < 4.78 is 13.7. The Labute approximate surface area is 87.3 Å². The van der Waals surface area contributed by atoms with E-state index in [1.165, 1.54) is 35.1 Å². The van der Waals surface area contributed by atoms with Gasteiger partial charge in [-0.3, -0.25) is 0 Å². The van der Waals surface area contributed by atoms with Crippen molar-refractivity contribution in [2.45, 2.75) is 49.0 Å². The van der Waals surface area contributed by atoms with Gasteiger partial charge in [-0.05, 0) is 0 Å². The summed E-state index contributed by atoms with van der Waals surface area (Å²) in [7, 11) is 3.66. The van der Waals surface area contributed by atoms with Crippen LogP contribution in [-0.2, 0) is 24.0 Å². The zero-order chi connectivity index (χ0) is 10.2. The molecule has 80 valence electrons. The molecule has 2 nitrogen and oxygen atoms in total. The van der Waals surface area contributed by atoms with Crippen LogP contribution in [0.1, 0.15) is 39.5 Å². The van der Waals surface area contributed by atoms with E-state index in [9.17, 15) is 0 Å². The van der Waals surface area contributed by atoms with E-state index in [0.717, 1.165) is 0 Å². The fourth-order valence-electron chi connectivity index (χ4n) is 1.51. The zero-order valence-corrected chi connectivity index (χ0v) is 11.1. The van der Waals surface area contributed by atoms with Gasteiger partial charge >= 0.3 is 87.2 Å². The summed E-state index contributed by atoms with van der Waals surface area (Å²) in [5.74, 6) is 0. The molecular formula is C10H24O2Ti. The number of hydrogen-bond donors (Lipinski definition) is 0. The standard InChI is InChI=1S/2C4H9.2CH3O.Ti/c2*1-3-4-2;2*1-2;/h2*1,3-4H2,2H3;2*1H3;/q;;2*-1;+2. The van der Waals surface area contributed by atoms with Gasteiger partial charge in [-0.25, -0.2) is 0 Å². The van der Waals surface area contributed by atoms with Crippen molar-refractivity contribution in [3.8, 4) is 0 Å². The van der Waals surface area contributed by atoms with E-state index < -0.39 is 17.4 Å². The second-order valence-corrected chi connectivity index (χ2v) is 9.21. The second-order valence-electron chi connectivity index (χ2n) is 3.53. The van der Waals surface area contributed by atoms with Crippen LogP contribution < -0.4 is 0 Å². The topological polar surface area (TPSA) is 18.5 Å². The van der Waals surface area contributed by atoms with Gasteiger partial charge in [0.25, 0.3) is 0 Å². The van der Waals surface area contributed by atoms with E-state index in [4.69, 9.17) is 6.64 Å². The average molecular weight is 224 g/mol. The molecule has 0 saturated carbocycles. The minimum absolute atomic E-state index is 1.20. The molecule has 0 fully saturated rings. The summed E-state index contributed by atoms with van der Waals surface area (Å²) in [6.45, 7) is 4.44. The first-order valence-corrected chi connectivity index (χ1v) is 8.83. The minimum atomic E-state index is -2.30. The van der Waals surface area contributed by atoms with Crippen LogP contribution in [0.3, 0.4) is 0 Å². The summed E-state index contributed by atoms with van der Waals surface area (Å²) >= 11 is -2.30. The van der Waals surface area contributed by atoms with Crippen molar-refractivity contribution in [2.75, 3.05) is 14.2 Å². The first-order chi connectivity index (χ1) is 6.24. The molecule has 0 aliphatic heterocycles. The first kappa shape index (κ1) is 13.6. The van der Waals surface area contributed by atoms with E-state index >= 15 is 0 Å². The van der Waals surface area contributed by atoms with Gasteiger partial charge in [-0.2, -0.15) is 0 Å². The van der Waals surface area contributed by atoms with Gasteiger partial charge in [-0.1, -0.05) is 0 Å². The molecule has 0 aliphatic rings. The fourth-order valence-corrected chi connectivity index (χ4v) is 6.22. The molecule has 0 aliphatic carbocycles. The van der Waals surface area contributed by atoms with Gasteiger partial charge in [0.15, 0.2) is 0 Å². The maximum atomic E-state index is 5.66. The van der Waals surface area contributed by atoms with E-state index in [1.807, 2.05) is 14.2 Å². The number of rotatable bonds is 8. The Morgan fingerprint density at radius 2 is 1.23 bits per heavy atom. The second kappa shape index (κ2) is 7.99. The number of unbranched alkanes of at least 4 members (excludes halogenated alkanes) is 2. The SMILES string of the molecule is CCC[CH2][Ti]([CH2]CCC)([O]C)[O]C. The van der Waals surface area contributed by atoms with Gasteiger partial charge in [0, 0.05) is 0 Å². The average Bonchev–Trinajstić information content (AvgIpc) is 2.20. The van der Waals surface area contributed by atoms with Crippen LogP contribution in [0.2, 0.25) is 9.45 Å². The Hall–Kier alpha value is 0.634. The molecule has 0 aromatic carbocycles.